The molecule has 0 bridgehead atoms. The molecule has 1 fully saturated rings. The highest BCUT2D eigenvalue weighted by Crippen LogP contribution is 2.22. The second-order valence-corrected chi connectivity index (χ2v) is 4.62. The van der Waals surface area contributed by atoms with Crippen LogP contribution in [-0.2, 0) is 4.74 Å². The van der Waals surface area contributed by atoms with Crippen molar-refractivity contribution in [2.24, 2.45) is 9.98 Å². The Balaban J connectivity index is 2.17. The van der Waals surface area contributed by atoms with Gasteiger partial charge in [-0.2, -0.15) is 0 Å². The molecular formula is C15H20N4O. The summed E-state index contributed by atoms with van der Waals surface area (Å²) in [5, 5.41) is 2.97. The minimum atomic E-state index is 0.455. The lowest BCUT2D eigenvalue weighted by Gasteiger charge is -2.28. The van der Waals surface area contributed by atoms with Crippen LogP contribution in [0.3, 0.4) is 0 Å². The Morgan fingerprint density at radius 3 is 2.75 bits per heavy atom. The van der Waals surface area contributed by atoms with Gasteiger partial charge in [-0.1, -0.05) is 12.6 Å². The maximum atomic E-state index is 5.36. The highest BCUT2D eigenvalue weighted by Gasteiger charge is 2.11. The third kappa shape index (κ3) is 3.93. The summed E-state index contributed by atoms with van der Waals surface area (Å²) in [7, 11) is 0. The third-order valence-electron chi connectivity index (χ3n) is 2.92. The van der Waals surface area contributed by atoms with Gasteiger partial charge in [0.2, 0.25) is 5.96 Å². The highest BCUT2D eigenvalue weighted by molar-refractivity contribution is 5.87. The van der Waals surface area contributed by atoms with Crippen LogP contribution in [0.5, 0.6) is 0 Å². The van der Waals surface area contributed by atoms with E-state index in [9.17, 15) is 0 Å². The molecule has 1 aromatic rings. The van der Waals surface area contributed by atoms with E-state index < -0.39 is 0 Å². The van der Waals surface area contributed by atoms with E-state index in [4.69, 9.17) is 4.74 Å². The number of benzene rings is 1. The summed E-state index contributed by atoms with van der Waals surface area (Å²) < 4.78 is 5.36. The van der Waals surface area contributed by atoms with Crippen molar-refractivity contribution in [2.45, 2.75) is 6.92 Å². The van der Waals surface area contributed by atoms with E-state index in [1.165, 1.54) is 0 Å². The number of hydrogen-bond acceptors (Lipinski definition) is 3. The van der Waals surface area contributed by atoms with Gasteiger partial charge in [0, 0.05) is 24.5 Å². The van der Waals surface area contributed by atoms with E-state index in [0.29, 0.717) is 5.96 Å². The molecule has 106 valence electrons. The molecule has 0 spiro atoms. The standard InChI is InChI=1S/C15H20N4O/c1-12(2)17-15(16-3)18-13-5-4-6-14(11-13)19-7-9-20-10-8-19/h4-6,11H,1,3,7-10H2,2H3,(H,17,18). The fourth-order valence-corrected chi connectivity index (χ4v) is 2.00. The lowest BCUT2D eigenvalue weighted by atomic mass is 10.2. The lowest BCUT2D eigenvalue weighted by molar-refractivity contribution is 0.122. The average molecular weight is 272 g/mol. The van der Waals surface area contributed by atoms with Gasteiger partial charge in [-0.25, -0.2) is 9.98 Å². The molecule has 1 aliphatic heterocycles. The largest absolute Gasteiger partial charge is 0.378 e. The van der Waals surface area contributed by atoms with Crippen LogP contribution in [0.4, 0.5) is 11.4 Å². The van der Waals surface area contributed by atoms with E-state index in [1.807, 2.05) is 25.1 Å². The Kier molecular flexibility index (Phi) is 4.90. The molecule has 1 N–H and O–H groups in total. The van der Waals surface area contributed by atoms with Gasteiger partial charge >= 0.3 is 0 Å². The molecule has 0 amide bonds. The summed E-state index contributed by atoms with van der Waals surface area (Å²) in [6.07, 6.45) is 0. The first-order valence-electron chi connectivity index (χ1n) is 6.60. The minimum Gasteiger partial charge on any atom is -0.378 e. The van der Waals surface area contributed by atoms with Gasteiger partial charge < -0.3 is 15.0 Å². The zero-order valence-electron chi connectivity index (χ0n) is 11.8. The summed E-state index contributed by atoms with van der Waals surface area (Å²) in [5.41, 5.74) is 2.76. The van der Waals surface area contributed by atoms with Crippen LogP contribution >= 0.6 is 0 Å². The molecule has 2 rings (SSSR count). The number of guanidine groups is 1. The maximum absolute atomic E-state index is 5.36. The number of nitrogens with one attached hydrogen (secondary N) is 1. The topological polar surface area (TPSA) is 49.2 Å². The van der Waals surface area contributed by atoms with E-state index in [-0.39, 0.29) is 0 Å². The molecule has 0 aliphatic carbocycles. The van der Waals surface area contributed by atoms with Gasteiger partial charge in [0.15, 0.2) is 0 Å². The number of nitrogens with zero attached hydrogens (tertiary/aromatic N) is 3. The van der Waals surface area contributed by atoms with E-state index in [2.05, 4.69) is 39.6 Å². The quantitative estimate of drug-likeness (QED) is 0.678. The van der Waals surface area contributed by atoms with Gasteiger partial charge in [-0.15, -0.1) is 0 Å². The minimum absolute atomic E-state index is 0.455. The van der Waals surface area contributed by atoms with E-state index >= 15 is 0 Å². The highest BCUT2D eigenvalue weighted by atomic mass is 16.5. The van der Waals surface area contributed by atoms with Crippen molar-refractivity contribution in [3.63, 3.8) is 0 Å². The van der Waals surface area contributed by atoms with Crippen LogP contribution in [0.2, 0.25) is 0 Å². The molecule has 5 heteroatoms. The number of rotatable bonds is 3. The van der Waals surface area contributed by atoms with Crippen LogP contribution < -0.4 is 10.2 Å². The van der Waals surface area contributed by atoms with Crippen LogP contribution in [0, 0.1) is 0 Å². The summed E-state index contributed by atoms with van der Waals surface area (Å²) in [5.74, 6) is 0.455. The summed E-state index contributed by atoms with van der Waals surface area (Å²) >= 11 is 0. The third-order valence-corrected chi connectivity index (χ3v) is 2.92. The molecule has 0 radical (unpaired) electrons. The number of ether oxygens (including phenoxy) is 1. The van der Waals surface area contributed by atoms with Gasteiger partial charge in [-0.3, -0.25) is 0 Å². The second kappa shape index (κ2) is 6.86. The lowest BCUT2D eigenvalue weighted by Crippen LogP contribution is -2.36. The predicted molar refractivity (Wildman–Crippen MR) is 84.1 cm³/mol. The normalized spacial score (nSPS) is 15.8. The molecule has 0 atom stereocenters. The molecule has 20 heavy (non-hydrogen) atoms. The fourth-order valence-electron chi connectivity index (χ4n) is 2.00. The first-order valence-corrected chi connectivity index (χ1v) is 6.60. The molecular weight excluding hydrogens is 252 g/mol. The number of aliphatic imine (C=N–C) groups is 2. The Morgan fingerprint density at radius 2 is 2.10 bits per heavy atom. The van der Waals surface area contributed by atoms with Crippen molar-refractivity contribution in [3.05, 3.63) is 36.5 Å². The summed E-state index contributed by atoms with van der Waals surface area (Å²) in [4.78, 5) is 10.6. The first-order chi connectivity index (χ1) is 9.69. The number of hydrogen-bond donors (Lipinski definition) is 1. The maximum Gasteiger partial charge on any atom is 0.226 e. The Hall–Kier alpha value is -2.14. The summed E-state index contributed by atoms with van der Waals surface area (Å²) in [6, 6.07) is 8.05. The van der Waals surface area contributed by atoms with Crippen molar-refractivity contribution >= 4 is 24.1 Å². The van der Waals surface area contributed by atoms with E-state index in [0.717, 1.165) is 43.4 Å². The van der Waals surface area contributed by atoms with Crippen LogP contribution in [0.1, 0.15) is 6.92 Å². The molecule has 1 heterocycles. The molecule has 1 saturated heterocycles. The first kappa shape index (κ1) is 14.3. The smallest absolute Gasteiger partial charge is 0.226 e. The second-order valence-electron chi connectivity index (χ2n) is 4.62. The van der Waals surface area contributed by atoms with Gasteiger partial charge in [0.25, 0.3) is 0 Å². The Labute approximate surface area is 119 Å². The van der Waals surface area contributed by atoms with Crippen molar-refractivity contribution in [1.29, 1.82) is 0 Å². The van der Waals surface area contributed by atoms with Crippen LogP contribution in [0.25, 0.3) is 0 Å². The molecule has 1 aromatic carbocycles. The number of morpholine rings is 1. The van der Waals surface area contributed by atoms with Crippen molar-refractivity contribution in [1.82, 2.24) is 5.32 Å². The monoisotopic (exact) mass is 272 g/mol. The number of anilines is 1. The number of allylic oxidation sites excluding steroid dienone is 1. The SMILES string of the molecule is C=NC(=Nc1cccc(N2CCOCC2)c1)NC(=C)C. The molecule has 0 saturated carbocycles. The average Bonchev–Trinajstić information content (AvgIpc) is 2.47. The van der Waals surface area contributed by atoms with Crippen molar-refractivity contribution in [2.75, 3.05) is 31.2 Å². The Bertz CT molecular complexity index is 518. The van der Waals surface area contributed by atoms with Crippen molar-refractivity contribution < 1.29 is 4.74 Å². The van der Waals surface area contributed by atoms with Gasteiger partial charge in [-0.05, 0) is 31.8 Å². The Morgan fingerprint density at radius 1 is 1.35 bits per heavy atom. The van der Waals surface area contributed by atoms with Crippen LogP contribution in [-0.4, -0.2) is 39.0 Å². The van der Waals surface area contributed by atoms with Gasteiger partial charge in [0.1, 0.15) is 0 Å². The van der Waals surface area contributed by atoms with E-state index in [1.54, 1.807) is 0 Å². The van der Waals surface area contributed by atoms with Crippen molar-refractivity contribution in [3.8, 4) is 0 Å². The molecule has 0 unspecified atom stereocenters. The van der Waals surface area contributed by atoms with Gasteiger partial charge in [0.05, 0.1) is 18.9 Å². The van der Waals surface area contributed by atoms with Crippen LogP contribution in [0.15, 0.2) is 46.5 Å². The molecule has 1 aliphatic rings. The zero-order chi connectivity index (χ0) is 14.4. The summed E-state index contributed by atoms with van der Waals surface area (Å²) in [6.45, 7) is 12.5. The molecule has 5 nitrogen and oxygen atoms in total. The molecule has 0 aromatic heterocycles. The zero-order valence-corrected chi connectivity index (χ0v) is 11.8. The fraction of sp³-hybridized carbons (Fsp3) is 0.333. The predicted octanol–water partition coefficient (Wildman–Crippen LogP) is 2.33.